The largest absolute Gasteiger partial charge is 0.335 e. The molecule has 1 aromatic carbocycles. The number of ketones is 1. The Bertz CT molecular complexity index is 696. The van der Waals surface area contributed by atoms with Gasteiger partial charge in [0.15, 0.2) is 0 Å². The third-order valence-corrected chi connectivity index (χ3v) is 4.01. The third-order valence-electron chi connectivity index (χ3n) is 4.01. The third kappa shape index (κ3) is 2.79. The highest BCUT2D eigenvalue weighted by Crippen LogP contribution is 2.24. The van der Waals surface area contributed by atoms with Gasteiger partial charge in [-0.05, 0) is 44.0 Å². The molecule has 0 saturated carbocycles. The fraction of sp³-hybridized carbons (Fsp3) is 0.353. The fourth-order valence-corrected chi connectivity index (χ4v) is 3.02. The minimum atomic E-state index is 0.0181. The van der Waals surface area contributed by atoms with Crippen LogP contribution in [0.15, 0.2) is 36.5 Å². The second-order valence-corrected chi connectivity index (χ2v) is 5.61. The number of likely N-dealkylation sites (tertiary alicyclic amines) is 1. The van der Waals surface area contributed by atoms with Gasteiger partial charge in [-0.1, -0.05) is 6.07 Å². The molecule has 4 heteroatoms. The van der Waals surface area contributed by atoms with Crippen LogP contribution < -0.4 is 0 Å². The Morgan fingerprint density at radius 3 is 3.00 bits per heavy atom. The molecule has 0 N–H and O–H groups in total. The highest BCUT2D eigenvalue weighted by Gasteiger charge is 2.30. The zero-order valence-corrected chi connectivity index (χ0v) is 12.1. The predicted octanol–water partition coefficient (Wildman–Crippen LogP) is 2.82. The maximum Gasteiger partial charge on any atom is 0.254 e. The first-order valence-electron chi connectivity index (χ1n) is 7.30. The van der Waals surface area contributed by atoms with Crippen LogP contribution in [0.5, 0.6) is 0 Å². The van der Waals surface area contributed by atoms with Gasteiger partial charge in [0.05, 0.1) is 5.52 Å². The van der Waals surface area contributed by atoms with E-state index in [1.165, 1.54) is 0 Å². The van der Waals surface area contributed by atoms with Crippen molar-refractivity contribution in [2.24, 2.45) is 0 Å². The molecular formula is C17H18N2O2. The topological polar surface area (TPSA) is 50.3 Å². The molecule has 1 aliphatic rings. The molecule has 1 aliphatic heterocycles. The molecule has 1 aromatic heterocycles. The van der Waals surface area contributed by atoms with Crippen LogP contribution in [0.25, 0.3) is 10.9 Å². The van der Waals surface area contributed by atoms with Crippen LogP contribution in [0.1, 0.15) is 36.5 Å². The summed E-state index contributed by atoms with van der Waals surface area (Å²) in [5, 5.41) is 0.964. The van der Waals surface area contributed by atoms with Crippen molar-refractivity contribution < 1.29 is 9.59 Å². The van der Waals surface area contributed by atoms with Crippen molar-refractivity contribution in [1.29, 1.82) is 0 Å². The minimum absolute atomic E-state index is 0.0181. The number of pyridine rings is 1. The lowest BCUT2D eigenvalue weighted by molar-refractivity contribution is -0.117. The Balaban J connectivity index is 1.87. The van der Waals surface area contributed by atoms with Gasteiger partial charge < -0.3 is 4.90 Å². The Labute approximate surface area is 123 Å². The average Bonchev–Trinajstić information content (AvgIpc) is 2.93. The number of hydrogen-bond donors (Lipinski definition) is 0. The van der Waals surface area contributed by atoms with Gasteiger partial charge in [0.1, 0.15) is 5.78 Å². The number of rotatable bonds is 3. The molecule has 0 spiro atoms. The molecule has 4 nitrogen and oxygen atoms in total. The summed E-state index contributed by atoms with van der Waals surface area (Å²) >= 11 is 0. The smallest absolute Gasteiger partial charge is 0.254 e. The van der Waals surface area contributed by atoms with E-state index in [0.717, 1.165) is 30.3 Å². The number of fused-ring (bicyclic) bond motifs is 1. The summed E-state index contributed by atoms with van der Waals surface area (Å²) in [7, 11) is 0. The van der Waals surface area contributed by atoms with E-state index < -0.39 is 0 Å². The zero-order chi connectivity index (χ0) is 14.8. The van der Waals surface area contributed by atoms with Crippen LogP contribution >= 0.6 is 0 Å². The van der Waals surface area contributed by atoms with Crippen molar-refractivity contribution in [2.75, 3.05) is 6.54 Å². The number of hydrogen-bond acceptors (Lipinski definition) is 3. The number of carbonyl (C=O) groups excluding carboxylic acids is 2. The lowest BCUT2D eigenvalue weighted by atomic mass is 10.1. The molecule has 2 heterocycles. The summed E-state index contributed by atoms with van der Waals surface area (Å²) in [5.41, 5.74) is 1.56. The summed E-state index contributed by atoms with van der Waals surface area (Å²) in [6, 6.07) is 9.45. The van der Waals surface area contributed by atoms with Gasteiger partial charge in [0, 0.05) is 36.2 Å². The molecule has 1 unspecified atom stereocenters. The summed E-state index contributed by atoms with van der Waals surface area (Å²) in [6.07, 6.45) is 4.09. The van der Waals surface area contributed by atoms with E-state index in [9.17, 15) is 9.59 Å². The van der Waals surface area contributed by atoms with Gasteiger partial charge in [-0.15, -0.1) is 0 Å². The highest BCUT2D eigenvalue weighted by molar-refractivity contribution is 5.98. The Kier molecular flexibility index (Phi) is 3.69. The van der Waals surface area contributed by atoms with E-state index in [0.29, 0.717) is 12.0 Å². The van der Waals surface area contributed by atoms with Crippen LogP contribution in [-0.2, 0) is 4.79 Å². The van der Waals surface area contributed by atoms with Gasteiger partial charge in [0.25, 0.3) is 5.91 Å². The van der Waals surface area contributed by atoms with Crippen molar-refractivity contribution in [3.05, 3.63) is 42.1 Å². The number of benzene rings is 1. The van der Waals surface area contributed by atoms with Crippen LogP contribution in [0.3, 0.4) is 0 Å². The van der Waals surface area contributed by atoms with Gasteiger partial charge in [-0.25, -0.2) is 0 Å². The number of nitrogens with zero attached hydrogens (tertiary/aromatic N) is 2. The standard InChI is InChI=1S/C17H18N2O2/c1-12(20)10-15-5-3-9-19(15)17(21)14-6-7-16-13(11-14)4-2-8-18-16/h2,4,6-8,11,15H,3,5,9-10H2,1H3. The monoisotopic (exact) mass is 282 g/mol. The lowest BCUT2D eigenvalue weighted by Crippen LogP contribution is -2.36. The summed E-state index contributed by atoms with van der Waals surface area (Å²) in [6.45, 7) is 2.32. The number of Topliss-reactive ketones (excluding diaryl/α,β-unsaturated/α-hetero) is 1. The molecule has 108 valence electrons. The van der Waals surface area contributed by atoms with Gasteiger partial charge in [0.2, 0.25) is 0 Å². The Hall–Kier alpha value is -2.23. The molecule has 1 atom stereocenters. The van der Waals surface area contributed by atoms with E-state index >= 15 is 0 Å². The van der Waals surface area contributed by atoms with Crippen LogP contribution in [0.2, 0.25) is 0 Å². The summed E-state index contributed by atoms with van der Waals surface area (Å²) < 4.78 is 0. The van der Waals surface area contributed by atoms with E-state index in [1.54, 1.807) is 13.1 Å². The zero-order valence-electron chi connectivity index (χ0n) is 12.1. The quantitative estimate of drug-likeness (QED) is 0.869. The summed E-state index contributed by atoms with van der Waals surface area (Å²) in [5.74, 6) is 0.159. The molecule has 0 bridgehead atoms. The summed E-state index contributed by atoms with van der Waals surface area (Å²) in [4.78, 5) is 30.1. The first kappa shape index (κ1) is 13.7. The first-order chi connectivity index (χ1) is 10.1. The van der Waals surface area contributed by atoms with Crippen LogP contribution in [0, 0.1) is 0 Å². The molecule has 1 amide bonds. The fourth-order valence-electron chi connectivity index (χ4n) is 3.02. The SMILES string of the molecule is CC(=O)CC1CCCN1C(=O)c1ccc2ncccc2c1. The second-order valence-electron chi connectivity index (χ2n) is 5.61. The van der Waals surface area contributed by atoms with Gasteiger partial charge >= 0.3 is 0 Å². The highest BCUT2D eigenvalue weighted by atomic mass is 16.2. The van der Waals surface area contributed by atoms with Crippen molar-refractivity contribution in [3.63, 3.8) is 0 Å². The molecule has 1 saturated heterocycles. The van der Waals surface area contributed by atoms with Crippen molar-refractivity contribution in [3.8, 4) is 0 Å². The van der Waals surface area contributed by atoms with Crippen molar-refractivity contribution >= 4 is 22.6 Å². The minimum Gasteiger partial charge on any atom is -0.335 e. The Morgan fingerprint density at radius 1 is 1.33 bits per heavy atom. The Morgan fingerprint density at radius 2 is 2.19 bits per heavy atom. The van der Waals surface area contributed by atoms with Gasteiger partial charge in [-0.2, -0.15) is 0 Å². The van der Waals surface area contributed by atoms with Gasteiger partial charge in [-0.3, -0.25) is 14.6 Å². The number of carbonyl (C=O) groups is 2. The number of aromatic nitrogens is 1. The molecular weight excluding hydrogens is 264 g/mol. The van der Waals surface area contributed by atoms with Crippen LogP contribution in [-0.4, -0.2) is 34.2 Å². The average molecular weight is 282 g/mol. The lowest BCUT2D eigenvalue weighted by Gasteiger charge is -2.24. The van der Waals surface area contributed by atoms with E-state index in [4.69, 9.17) is 0 Å². The first-order valence-corrected chi connectivity index (χ1v) is 7.30. The molecule has 3 rings (SSSR count). The molecule has 21 heavy (non-hydrogen) atoms. The maximum atomic E-state index is 12.7. The van der Waals surface area contributed by atoms with E-state index in [1.807, 2.05) is 35.2 Å². The van der Waals surface area contributed by atoms with Crippen molar-refractivity contribution in [2.45, 2.75) is 32.2 Å². The van der Waals surface area contributed by atoms with E-state index in [-0.39, 0.29) is 17.7 Å². The van der Waals surface area contributed by atoms with Crippen molar-refractivity contribution in [1.82, 2.24) is 9.88 Å². The van der Waals surface area contributed by atoms with E-state index in [2.05, 4.69) is 4.98 Å². The maximum absolute atomic E-state index is 12.7. The molecule has 0 radical (unpaired) electrons. The number of amides is 1. The normalized spacial score (nSPS) is 18.1. The molecule has 2 aromatic rings. The molecule has 1 fully saturated rings. The van der Waals surface area contributed by atoms with Crippen LogP contribution in [0.4, 0.5) is 0 Å². The predicted molar refractivity (Wildman–Crippen MR) is 81.1 cm³/mol. The second kappa shape index (κ2) is 5.64. The molecule has 0 aliphatic carbocycles.